The molecule has 0 saturated carbocycles. The number of carbonyl (C=O) groups excluding carboxylic acids is 1. The van der Waals surface area contributed by atoms with E-state index in [-0.39, 0.29) is 12.1 Å². The quantitative estimate of drug-likeness (QED) is 0.727. The first kappa shape index (κ1) is 13.3. The Balaban J connectivity index is 2.66. The minimum Gasteiger partial charge on any atom is -0.489 e. The fraction of sp³-hybridized carbons (Fsp3) is 0.417. The number of hydrogen-bond donors (Lipinski definition) is 3. The maximum absolute atomic E-state index is 11.5. The molecule has 0 saturated heterocycles. The summed E-state index contributed by atoms with van der Waals surface area (Å²) in [6.07, 6.45) is 0.0602. The number of benzene rings is 1. The van der Waals surface area contributed by atoms with Gasteiger partial charge in [-0.15, -0.1) is 0 Å². The van der Waals surface area contributed by atoms with Crippen LogP contribution in [-0.2, 0) is 0 Å². The van der Waals surface area contributed by atoms with Crippen LogP contribution in [0.3, 0.4) is 0 Å². The molecule has 1 rings (SSSR count). The number of rotatable bonds is 5. The molecule has 5 heteroatoms. The van der Waals surface area contributed by atoms with Gasteiger partial charge in [0.1, 0.15) is 5.75 Å². The van der Waals surface area contributed by atoms with Crippen LogP contribution in [0.2, 0.25) is 0 Å². The molecule has 1 aromatic carbocycles. The third-order valence-corrected chi connectivity index (χ3v) is 1.93. The predicted octanol–water partition coefficient (Wildman–Crippen LogP) is 1.55. The Morgan fingerprint density at radius 1 is 1.41 bits per heavy atom. The lowest BCUT2D eigenvalue weighted by Crippen LogP contribution is -2.33. The summed E-state index contributed by atoms with van der Waals surface area (Å²) in [7, 11) is 0. The molecular weight excluding hydrogens is 218 g/mol. The largest absolute Gasteiger partial charge is 0.489 e. The second-order valence-corrected chi connectivity index (χ2v) is 3.83. The molecule has 0 atom stereocenters. The number of ether oxygens (including phenoxy) is 1. The van der Waals surface area contributed by atoms with Gasteiger partial charge >= 0.3 is 6.03 Å². The minimum atomic E-state index is -0.282. The Morgan fingerprint density at radius 3 is 2.76 bits per heavy atom. The molecule has 4 N–H and O–H groups in total. The monoisotopic (exact) mass is 237 g/mol. The van der Waals surface area contributed by atoms with Gasteiger partial charge in [-0.25, -0.2) is 4.79 Å². The van der Waals surface area contributed by atoms with Crippen molar-refractivity contribution in [1.82, 2.24) is 5.32 Å². The van der Waals surface area contributed by atoms with Gasteiger partial charge in [0.05, 0.1) is 11.8 Å². The van der Waals surface area contributed by atoms with E-state index in [4.69, 9.17) is 10.5 Å². The third kappa shape index (κ3) is 4.74. The normalized spacial score (nSPS) is 10.1. The molecule has 0 unspecified atom stereocenters. The highest BCUT2D eigenvalue weighted by molar-refractivity contribution is 5.90. The molecule has 0 heterocycles. The predicted molar refractivity (Wildman–Crippen MR) is 68.3 cm³/mol. The molecule has 0 aliphatic carbocycles. The lowest BCUT2D eigenvalue weighted by Gasteiger charge is -2.14. The second kappa shape index (κ2) is 6.75. The molecular formula is C12H19N3O2. The van der Waals surface area contributed by atoms with E-state index >= 15 is 0 Å². The van der Waals surface area contributed by atoms with Crippen LogP contribution < -0.4 is 21.1 Å². The van der Waals surface area contributed by atoms with Crippen molar-refractivity contribution in [3.05, 3.63) is 24.3 Å². The number of amides is 2. The van der Waals surface area contributed by atoms with E-state index in [1.54, 1.807) is 6.07 Å². The van der Waals surface area contributed by atoms with Crippen molar-refractivity contribution in [2.24, 2.45) is 5.73 Å². The maximum atomic E-state index is 11.5. The number of nitrogens with two attached hydrogens (primary N) is 1. The Morgan fingerprint density at radius 2 is 2.12 bits per heavy atom. The molecule has 1 aromatic rings. The van der Waals surface area contributed by atoms with Gasteiger partial charge in [0, 0.05) is 13.1 Å². The van der Waals surface area contributed by atoms with Gasteiger partial charge in [-0.3, -0.25) is 0 Å². The number of anilines is 1. The van der Waals surface area contributed by atoms with Crippen molar-refractivity contribution in [3.63, 3.8) is 0 Å². The van der Waals surface area contributed by atoms with Crippen molar-refractivity contribution in [1.29, 1.82) is 0 Å². The molecule has 0 fully saturated rings. The summed E-state index contributed by atoms with van der Waals surface area (Å²) < 4.78 is 5.58. The molecule has 0 aliphatic rings. The Kier molecular flexibility index (Phi) is 5.29. The van der Waals surface area contributed by atoms with Gasteiger partial charge in [-0.05, 0) is 26.0 Å². The molecule has 0 bridgehead atoms. The summed E-state index contributed by atoms with van der Waals surface area (Å²) in [5, 5.41) is 5.35. The first-order chi connectivity index (χ1) is 8.13. The van der Waals surface area contributed by atoms with Gasteiger partial charge in [0.25, 0.3) is 0 Å². The smallest absolute Gasteiger partial charge is 0.319 e. The first-order valence-corrected chi connectivity index (χ1v) is 5.64. The SMILES string of the molecule is CC(C)Oc1ccccc1NC(=O)NCCN. The van der Waals surface area contributed by atoms with Gasteiger partial charge in [-0.2, -0.15) is 0 Å². The van der Waals surface area contributed by atoms with Gasteiger partial charge in [0.2, 0.25) is 0 Å². The Bertz CT molecular complexity index is 367. The number of nitrogens with one attached hydrogen (secondary N) is 2. The number of carbonyl (C=O) groups is 1. The van der Waals surface area contributed by atoms with Crippen LogP contribution in [0.1, 0.15) is 13.8 Å². The van der Waals surface area contributed by atoms with Crippen molar-refractivity contribution < 1.29 is 9.53 Å². The van der Waals surface area contributed by atoms with Crippen LogP contribution in [0.5, 0.6) is 5.75 Å². The van der Waals surface area contributed by atoms with E-state index in [2.05, 4.69) is 10.6 Å². The van der Waals surface area contributed by atoms with E-state index < -0.39 is 0 Å². The molecule has 2 amide bonds. The fourth-order valence-electron chi connectivity index (χ4n) is 1.28. The molecule has 0 aliphatic heterocycles. The summed E-state index contributed by atoms with van der Waals surface area (Å²) in [5.41, 5.74) is 5.95. The van der Waals surface area contributed by atoms with E-state index in [0.717, 1.165) is 0 Å². The second-order valence-electron chi connectivity index (χ2n) is 3.83. The van der Waals surface area contributed by atoms with Crippen LogP contribution in [0, 0.1) is 0 Å². The van der Waals surface area contributed by atoms with E-state index in [1.807, 2.05) is 32.0 Å². The minimum absolute atomic E-state index is 0.0602. The fourth-order valence-corrected chi connectivity index (χ4v) is 1.28. The zero-order valence-electron chi connectivity index (χ0n) is 10.2. The van der Waals surface area contributed by atoms with Crippen LogP contribution in [0.25, 0.3) is 0 Å². The van der Waals surface area contributed by atoms with Crippen LogP contribution in [0.4, 0.5) is 10.5 Å². The molecule has 17 heavy (non-hydrogen) atoms. The van der Waals surface area contributed by atoms with Crippen molar-refractivity contribution >= 4 is 11.7 Å². The molecule has 5 nitrogen and oxygen atoms in total. The highest BCUT2D eigenvalue weighted by Crippen LogP contribution is 2.24. The van der Waals surface area contributed by atoms with Crippen LogP contribution in [-0.4, -0.2) is 25.2 Å². The molecule has 0 aromatic heterocycles. The average molecular weight is 237 g/mol. The van der Waals surface area contributed by atoms with E-state index in [0.29, 0.717) is 24.5 Å². The van der Waals surface area contributed by atoms with Crippen molar-refractivity contribution in [2.75, 3.05) is 18.4 Å². The molecule has 0 radical (unpaired) electrons. The van der Waals surface area contributed by atoms with E-state index in [9.17, 15) is 4.79 Å². The highest BCUT2D eigenvalue weighted by Gasteiger charge is 2.07. The number of para-hydroxylation sites is 2. The third-order valence-electron chi connectivity index (χ3n) is 1.93. The summed E-state index contributed by atoms with van der Waals surface area (Å²) in [5.74, 6) is 0.658. The van der Waals surface area contributed by atoms with E-state index in [1.165, 1.54) is 0 Å². The lowest BCUT2D eigenvalue weighted by molar-refractivity contribution is 0.241. The zero-order valence-corrected chi connectivity index (χ0v) is 10.2. The van der Waals surface area contributed by atoms with Crippen LogP contribution in [0.15, 0.2) is 24.3 Å². The van der Waals surface area contributed by atoms with Gasteiger partial charge < -0.3 is 21.1 Å². The number of hydrogen-bond acceptors (Lipinski definition) is 3. The van der Waals surface area contributed by atoms with Crippen molar-refractivity contribution in [3.8, 4) is 5.75 Å². The maximum Gasteiger partial charge on any atom is 0.319 e. The van der Waals surface area contributed by atoms with Crippen LogP contribution >= 0.6 is 0 Å². The highest BCUT2D eigenvalue weighted by atomic mass is 16.5. The van der Waals surface area contributed by atoms with Gasteiger partial charge in [0.15, 0.2) is 0 Å². The standard InChI is InChI=1S/C12H19N3O2/c1-9(2)17-11-6-4-3-5-10(11)15-12(16)14-8-7-13/h3-6,9H,7-8,13H2,1-2H3,(H2,14,15,16). The summed E-state index contributed by atoms with van der Waals surface area (Å²) in [6.45, 7) is 4.73. The number of urea groups is 1. The topological polar surface area (TPSA) is 76.4 Å². The average Bonchev–Trinajstić information content (AvgIpc) is 2.28. The molecule has 94 valence electrons. The lowest BCUT2D eigenvalue weighted by atomic mass is 10.3. The van der Waals surface area contributed by atoms with Crippen molar-refractivity contribution in [2.45, 2.75) is 20.0 Å². The summed E-state index contributed by atoms with van der Waals surface area (Å²) >= 11 is 0. The zero-order chi connectivity index (χ0) is 12.7. The summed E-state index contributed by atoms with van der Waals surface area (Å²) in [4.78, 5) is 11.5. The Labute approximate surface area is 101 Å². The Hall–Kier alpha value is -1.75. The first-order valence-electron chi connectivity index (χ1n) is 5.64. The van der Waals surface area contributed by atoms with Gasteiger partial charge in [-0.1, -0.05) is 12.1 Å². The summed E-state index contributed by atoms with van der Waals surface area (Å²) in [6, 6.07) is 7.03. The molecule has 0 spiro atoms.